The van der Waals surface area contributed by atoms with Crippen molar-refractivity contribution < 1.29 is 9.53 Å². The normalized spacial score (nSPS) is 9.30. The summed E-state index contributed by atoms with van der Waals surface area (Å²) in [4.78, 5) is 10.3. The minimum absolute atomic E-state index is 0.612. The van der Waals surface area contributed by atoms with Crippen molar-refractivity contribution in [1.82, 2.24) is 0 Å². The molecule has 2 nitrogen and oxygen atoms in total. The van der Waals surface area contributed by atoms with Crippen LogP contribution in [0.2, 0.25) is 0 Å². The van der Waals surface area contributed by atoms with Crippen molar-refractivity contribution in [2.75, 3.05) is 6.61 Å². The third kappa shape index (κ3) is 1.36. The first-order valence-electron chi connectivity index (χ1n) is 3.04. The van der Waals surface area contributed by atoms with Crippen molar-refractivity contribution in [2.45, 2.75) is 6.92 Å². The van der Waals surface area contributed by atoms with Crippen molar-refractivity contribution in [3.8, 4) is 5.06 Å². The van der Waals surface area contributed by atoms with Crippen LogP contribution in [0.4, 0.5) is 0 Å². The number of thiophene rings is 1. The van der Waals surface area contributed by atoms with Gasteiger partial charge >= 0.3 is 0 Å². The summed E-state index contributed by atoms with van der Waals surface area (Å²) in [5.41, 5.74) is 0.645. The summed E-state index contributed by atoms with van der Waals surface area (Å²) >= 11 is 1.45. The van der Waals surface area contributed by atoms with Gasteiger partial charge in [-0.2, -0.15) is 0 Å². The van der Waals surface area contributed by atoms with Gasteiger partial charge in [0.15, 0.2) is 11.3 Å². The molecule has 54 valence electrons. The van der Waals surface area contributed by atoms with Gasteiger partial charge < -0.3 is 4.74 Å². The summed E-state index contributed by atoms with van der Waals surface area (Å²) in [6, 6.07) is 1.75. The van der Waals surface area contributed by atoms with E-state index in [1.165, 1.54) is 11.3 Å². The number of carbonyl (C=O) groups is 1. The molecule has 1 aromatic rings. The van der Waals surface area contributed by atoms with E-state index in [0.29, 0.717) is 12.2 Å². The third-order valence-electron chi connectivity index (χ3n) is 1.06. The molecule has 0 unspecified atom stereocenters. The zero-order valence-corrected chi connectivity index (χ0v) is 6.48. The summed E-state index contributed by atoms with van der Waals surface area (Å²) in [5.74, 6) is 0. The molecule has 10 heavy (non-hydrogen) atoms. The van der Waals surface area contributed by atoms with Crippen molar-refractivity contribution in [3.05, 3.63) is 17.0 Å². The van der Waals surface area contributed by atoms with Crippen LogP contribution in [0, 0.1) is 0 Å². The van der Waals surface area contributed by atoms with Gasteiger partial charge in [-0.25, -0.2) is 0 Å². The van der Waals surface area contributed by atoms with Crippen LogP contribution in [-0.2, 0) is 0 Å². The average molecular weight is 156 g/mol. The highest BCUT2D eigenvalue weighted by Crippen LogP contribution is 2.23. The third-order valence-corrected chi connectivity index (χ3v) is 1.90. The minimum atomic E-state index is 0.612. The molecule has 0 bridgehead atoms. The van der Waals surface area contributed by atoms with Crippen LogP contribution in [0.5, 0.6) is 5.06 Å². The molecule has 0 N–H and O–H groups in total. The Morgan fingerprint density at radius 3 is 3.20 bits per heavy atom. The van der Waals surface area contributed by atoms with Crippen molar-refractivity contribution in [3.63, 3.8) is 0 Å². The molecular weight excluding hydrogens is 148 g/mol. The highest BCUT2D eigenvalue weighted by atomic mass is 32.1. The van der Waals surface area contributed by atoms with E-state index in [1.807, 2.05) is 12.3 Å². The molecule has 0 spiro atoms. The zero-order chi connectivity index (χ0) is 7.40. The van der Waals surface area contributed by atoms with E-state index in [2.05, 4.69) is 0 Å². The predicted molar refractivity (Wildman–Crippen MR) is 40.9 cm³/mol. The van der Waals surface area contributed by atoms with Gasteiger partial charge in [0.2, 0.25) is 0 Å². The molecule has 0 aliphatic heterocycles. The van der Waals surface area contributed by atoms with E-state index < -0.39 is 0 Å². The molecule has 0 aliphatic carbocycles. The van der Waals surface area contributed by atoms with E-state index in [-0.39, 0.29) is 0 Å². The van der Waals surface area contributed by atoms with Crippen molar-refractivity contribution >= 4 is 17.6 Å². The lowest BCUT2D eigenvalue weighted by Gasteiger charge is -1.97. The number of rotatable bonds is 3. The van der Waals surface area contributed by atoms with Gasteiger partial charge in [0.25, 0.3) is 0 Å². The Morgan fingerprint density at radius 1 is 1.80 bits per heavy atom. The van der Waals surface area contributed by atoms with Crippen LogP contribution >= 0.6 is 11.3 Å². The Balaban J connectivity index is 2.79. The maximum Gasteiger partial charge on any atom is 0.184 e. The number of ether oxygens (including phenoxy) is 1. The predicted octanol–water partition coefficient (Wildman–Crippen LogP) is 1.96. The van der Waals surface area contributed by atoms with Gasteiger partial charge in [0.05, 0.1) is 12.2 Å². The number of carbonyl (C=O) groups excluding carboxylic acids is 1. The summed E-state index contributed by atoms with van der Waals surface area (Å²) in [5, 5.41) is 2.56. The standard InChI is InChI=1S/C7H8O2S/c1-2-9-7-6(5-8)3-4-10-7/h3-5H,2H2,1H3. The molecule has 0 aromatic carbocycles. The van der Waals surface area contributed by atoms with Crippen LogP contribution in [0.3, 0.4) is 0 Å². The molecule has 0 radical (unpaired) electrons. The van der Waals surface area contributed by atoms with Gasteiger partial charge in [0.1, 0.15) is 0 Å². The Labute approximate surface area is 63.4 Å². The maximum atomic E-state index is 10.3. The van der Waals surface area contributed by atoms with Gasteiger partial charge in [-0.15, -0.1) is 11.3 Å². The molecule has 0 fully saturated rings. The first-order chi connectivity index (χ1) is 4.88. The quantitative estimate of drug-likeness (QED) is 0.625. The Morgan fingerprint density at radius 2 is 2.60 bits per heavy atom. The van der Waals surface area contributed by atoms with E-state index >= 15 is 0 Å². The Bertz CT molecular complexity index is 217. The zero-order valence-electron chi connectivity index (χ0n) is 5.66. The molecule has 1 rings (SSSR count). The largest absolute Gasteiger partial charge is 0.484 e. The lowest BCUT2D eigenvalue weighted by Crippen LogP contribution is -1.90. The second-order valence-corrected chi connectivity index (χ2v) is 2.59. The fourth-order valence-electron chi connectivity index (χ4n) is 0.641. The minimum Gasteiger partial charge on any atom is -0.484 e. The molecule has 0 saturated carbocycles. The fourth-order valence-corrected chi connectivity index (χ4v) is 1.42. The molecular formula is C7H8O2S. The van der Waals surface area contributed by atoms with Crippen molar-refractivity contribution in [1.29, 1.82) is 0 Å². The SMILES string of the molecule is CCOc1sccc1C=O. The summed E-state index contributed by atoms with van der Waals surface area (Å²) < 4.78 is 5.16. The number of hydrogen-bond donors (Lipinski definition) is 0. The lowest BCUT2D eigenvalue weighted by molar-refractivity contribution is 0.112. The highest BCUT2D eigenvalue weighted by Gasteiger charge is 2.01. The van der Waals surface area contributed by atoms with Gasteiger partial charge in [-0.3, -0.25) is 4.79 Å². The molecule has 0 amide bonds. The van der Waals surface area contributed by atoms with E-state index in [9.17, 15) is 4.79 Å². The first-order valence-corrected chi connectivity index (χ1v) is 3.92. The highest BCUT2D eigenvalue weighted by molar-refractivity contribution is 7.12. The smallest absolute Gasteiger partial charge is 0.184 e. The molecule has 0 saturated heterocycles. The monoisotopic (exact) mass is 156 g/mol. The number of aldehydes is 1. The summed E-state index contributed by atoms with van der Waals surface area (Å²) in [6.45, 7) is 2.51. The molecule has 1 heterocycles. The molecule has 0 aliphatic rings. The van der Waals surface area contributed by atoms with Gasteiger partial charge in [-0.1, -0.05) is 0 Å². The molecule has 1 aromatic heterocycles. The van der Waals surface area contributed by atoms with E-state index in [0.717, 1.165) is 11.3 Å². The second-order valence-electron chi connectivity index (χ2n) is 1.71. The fraction of sp³-hybridized carbons (Fsp3) is 0.286. The lowest BCUT2D eigenvalue weighted by atomic mass is 10.4. The van der Waals surface area contributed by atoms with Crippen LogP contribution in [0.25, 0.3) is 0 Å². The van der Waals surface area contributed by atoms with Gasteiger partial charge in [-0.05, 0) is 18.4 Å². The summed E-state index contributed by atoms with van der Waals surface area (Å²) in [7, 11) is 0. The number of hydrogen-bond acceptors (Lipinski definition) is 3. The maximum absolute atomic E-state index is 10.3. The Hall–Kier alpha value is -0.830. The second kappa shape index (κ2) is 3.37. The first kappa shape index (κ1) is 7.28. The molecule has 3 heteroatoms. The average Bonchev–Trinajstić information content (AvgIpc) is 2.36. The Kier molecular flexibility index (Phi) is 2.45. The van der Waals surface area contributed by atoms with Crippen LogP contribution < -0.4 is 4.74 Å². The topological polar surface area (TPSA) is 26.3 Å². The van der Waals surface area contributed by atoms with Crippen LogP contribution in [0.1, 0.15) is 17.3 Å². The molecule has 0 atom stereocenters. The van der Waals surface area contributed by atoms with Crippen LogP contribution in [0.15, 0.2) is 11.4 Å². The van der Waals surface area contributed by atoms with Gasteiger partial charge in [0, 0.05) is 0 Å². The van der Waals surface area contributed by atoms with Crippen molar-refractivity contribution in [2.24, 2.45) is 0 Å². The van der Waals surface area contributed by atoms with E-state index in [4.69, 9.17) is 4.74 Å². The summed E-state index contributed by atoms with van der Waals surface area (Å²) in [6.07, 6.45) is 0.807. The van der Waals surface area contributed by atoms with Crippen LogP contribution in [-0.4, -0.2) is 12.9 Å². The van der Waals surface area contributed by atoms with E-state index in [1.54, 1.807) is 6.07 Å².